The van der Waals surface area contributed by atoms with Gasteiger partial charge in [-0.3, -0.25) is 0 Å². The van der Waals surface area contributed by atoms with Crippen molar-refractivity contribution in [1.29, 1.82) is 0 Å². The van der Waals surface area contributed by atoms with Gasteiger partial charge in [0, 0.05) is 10.4 Å². The van der Waals surface area contributed by atoms with E-state index in [2.05, 4.69) is 24.4 Å². The third-order valence-corrected chi connectivity index (χ3v) is 4.31. The number of hydrogen-bond acceptors (Lipinski definition) is 2. The average molecular weight is 209 g/mol. The molecule has 0 bridgehead atoms. The van der Waals surface area contributed by atoms with Gasteiger partial charge in [-0.05, 0) is 43.0 Å². The minimum atomic E-state index is 0.103. The molecule has 1 aliphatic carbocycles. The molecule has 0 aliphatic heterocycles. The Morgan fingerprint density at radius 3 is 3.07 bits per heavy atom. The first kappa shape index (κ1) is 10.2. The van der Waals surface area contributed by atoms with E-state index in [0.717, 1.165) is 12.3 Å². The monoisotopic (exact) mass is 209 g/mol. The lowest BCUT2D eigenvalue weighted by Crippen LogP contribution is -2.39. The summed E-state index contributed by atoms with van der Waals surface area (Å²) in [4.78, 5) is 1.45. The molecule has 2 rings (SSSR count). The lowest BCUT2D eigenvalue weighted by molar-refractivity contribution is 0.409. The first-order valence-electron chi connectivity index (χ1n) is 5.53. The molecule has 1 saturated carbocycles. The summed E-state index contributed by atoms with van der Waals surface area (Å²) in [5, 5.41) is 2.14. The summed E-state index contributed by atoms with van der Waals surface area (Å²) in [5.74, 6) is 0.875. The zero-order chi connectivity index (χ0) is 10.0. The lowest BCUT2D eigenvalue weighted by atomic mass is 9.92. The van der Waals surface area contributed by atoms with Crippen LogP contribution in [-0.2, 0) is 6.42 Å². The highest BCUT2D eigenvalue weighted by atomic mass is 32.1. The van der Waals surface area contributed by atoms with Crippen LogP contribution in [0.4, 0.5) is 0 Å². The van der Waals surface area contributed by atoms with Crippen molar-refractivity contribution < 1.29 is 0 Å². The standard InChI is InChI=1S/C12H19NS/c1-2-10-5-6-12(13,8-10)9-11-4-3-7-14-11/h3-4,7,10H,2,5-6,8-9,13H2,1H3. The summed E-state index contributed by atoms with van der Waals surface area (Å²) >= 11 is 1.84. The second kappa shape index (κ2) is 4.03. The number of hydrogen-bond donors (Lipinski definition) is 1. The second-order valence-electron chi connectivity index (χ2n) is 4.64. The topological polar surface area (TPSA) is 26.0 Å². The normalized spacial score (nSPS) is 32.3. The Morgan fingerprint density at radius 1 is 1.64 bits per heavy atom. The third-order valence-electron chi connectivity index (χ3n) is 3.43. The Kier molecular flexibility index (Phi) is 2.93. The molecule has 0 saturated heterocycles. The molecule has 1 heterocycles. The van der Waals surface area contributed by atoms with Crippen molar-refractivity contribution >= 4 is 11.3 Å². The van der Waals surface area contributed by atoms with Gasteiger partial charge < -0.3 is 5.73 Å². The summed E-state index contributed by atoms with van der Waals surface area (Å²) in [6, 6.07) is 4.33. The van der Waals surface area contributed by atoms with Gasteiger partial charge in [-0.25, -0.2) is 0 Å². The van der Waals surface area contributed by atoms with Crippen molar-refractivity contribution in [3.63, 3.8) is 0 Å². The molecule has 0 aromatic carbocycles. The van der Waals surface area contributed by atoms with Gasteiger partial charge in [0.05, 0.1) is 0 Å². The fraction of sp³-hybridized carbons (Fsp3) is 0.667. The fourth-order valence-corrected chi connectivity index (χ4v) is 3.40. The van der Waals surface area contributed by atoms with Gasteiger partial charge in [-0.15, -0.1) is 11.3 Å². The first-order chi connectivity index (χ1) is 6.72. The van der Waals surface area contributed by atoms with E-state index < -0.39 is 0 Å². The van der Waals surface area contributed by atoms with Crippen molar-refractivity contribution in [1.82, 2.24) is 0 Å². The number of nitrogens with two attached hydrogens (primary N) is 1. The molecule has 0 spiro atoms. The van der Waals surface area contributed by atoms with Crippen molar-refractivity contribution in [3.05, 3.63) is 22.4 Å². The molecule has 14 heavy (non-hydrogen) atoms. The van der Waals surface area contributed by atoms with E-state index in [4.69, 9.17) is 5.73 Å². The summed E-state index contributed by atoms with van der Waals surface area (Å²) in [7, 11) is 0. The molecule has 2 N–H and O–H groups in total. The molecule has 1 nitrogen and oxygen atoms in total. The van der Waals surface area contributed by atoms with Gasteiger partial charge in [0.25, 0.3) is 0 Å². The molecule has 78 valence electrons. The highest BCUT2D eigenvalue weighted by molar-refractivity contribution is 7.09. The van der Waals surface area contributed by atoms with Crippen LogP contribution >= 0.6 is 11.3 Å². The largest absolute Gasteiger partial charge is 0.325 e. The summed E-state index contributed by atoms with van der Waals surface area (Å²) in [6.07, 6.45) is 6.15. The molecule has 0 radical (unpaired) electrons. The van der Waals surface area contributed by atoms with Crippen LogP contribution in [0.15, 0.2) is 17.5 Å². The number of rotatable bonds is 3. The Morgan fingerprint density at radius 2 is 2.50 bits per heavy atom. The van der Waals surface area contributed by atoms with Crippen LogP contribution in [0.5, 0.6) is 0 Å². The second-order valence-corrected chi connectivity index (χ2v) is 5.67. The first-order valence-corrected chi connectivity index (χ1v) is 6.41. The van der Waals surface area contributed by atoms with E-state index in [1.54, 1.807) is 0 Å². The summed E-state index contributed by atoms with van der Waals surface area (Å²) in [5.41, 5.74) is 6.53. The highest BCUT2D eigenvalue weighted by Gasteiger charge is 2.34. The minimum absolute atomic E-state index is 0.103. The zero-order valence-electron chi connectivity index (χ0n) is 8.83. The molecule has 0 amide bonds. The Balaban J connectivity index is 1.97. The van der Waals surface area contributed by atoms with E-state index >= 15 is 0 Å². The van der Waals surface area contributed by atoms with Gasteiger partial charge >= 0.3 is 0 Å². The van der Waals surface area contributed by atoms with Gasteiger partial charge in [-0.1, -0.05) is 19.4 Å². The zero-order valence-corrected chi connectivity index (χ0v) is 9.65. The summed E-state index contributed by atoms with van der Waals surface area (Å²) in [6.45, 7) is 2.28. The van der Waals surface area contributed by atoms with Gasteiger partial charge in [0.15, 0.2) is 0 Å². The van der Waals surface area contributed by atoms with Crippen molar-refractivity contribution in [2.45, 2.75) is 44.6 Å². The minimum Gasteiger partial charge on any atom is -0.325 e. The van der Waals surface area contributed by atoms with E-state index in [0.29, 0.717) is 0 Å². The quantitative estimate of drug-likeness (QED) is 0.813. The van der Waals surface area contributed by atoms with Crippen LogP contribution in [0.3, 0.4) is 0 Å². The maximum atomic E-state index is 6.42. The van der Waals surface area contributed by atoms with Crippen LogP contribution in [0.1, 0.15) is 37.5 Å². The summed E-state index contributed by atoms with van der Waals surface area (Å²) < 4.78 is 0. The molecule has 2 unspecified atom stereocenters. The molecule has 1 aromatic rings. The molecule has 2 heteroatoms. The average Bonchev–Trinajstić information content (AvgIpc) is 2.76. The number of thiophene rings is 1. The third kappa shape index (κ3) is 2.18. The van der Waals surface area contributed by atoms with E-state index in [1.165, 1.54) is 30.6 Å². The Labute approximate surface area is 90.3 Å². The highest BCUT2D eigenvalue weighted by Crippen LogP contribution is 2.37. The van der Waals surface area contributed by atoms with Crippen LogP contribution < -0.4 is 5.73 Å². The van der Waals surface area contributed by atoms with E-state index in [1.807, 2.05) is 11.3 Å². The predicted octanol–water partition coefficient (Wildman–Crippen LogP) is 3.20. The van der Waals surface area contributed by atoms with Crippen LogP contribution in [0.25, 0.3) is 0 Å². The molecule has 1 aromatic heterocycles. The predicted molar refractivity (Wildman–Crippen MR) is 62.6 cm³/mol. The van der Waals surface area contributed by atoms with Gasteiger partial charge in [0.1, 0.15) is 0 Å². The SMILES string of the molecule is CCC1CCC(N)(Cc2cccs2)C1. The van der Waals surface area contributed by atoms with E-state index in [-0.39, 0.29) is 5.54 Å². The van der Waals surface area contributed by atoms with Crippen molar-refractivity contribution in [3.8, 4) is 0 Å². The lowest BCUT2D eigenvalue weighted by Gasteiger charge is -2.23. The van der Waals surface area contributed by atoms with E-state index in [9.17, 15) is 0 Å². The smallest absolute Gasteiger partial charge is 0.0205 e. The maximum absolute atomic E-state index is 6.42. The molecule has 1 aliphatic rings. The van der Waals surface area contributed by atoms with Crippen LogP contribution in [-0.4, -0.2) is 5.54 Å². The Hall–Kier alpha value is -0.340. The molecule has 1 fully saturated rings. The Bertz CT molecular complexity index is 281. The van der Waals surface area contributed by atoms with Crippen LogP contribution in [0, 0.1) is 5.92 Å². The fourth-order valence-electron chi connectivity index (χ4n) is 2.54. The maximum Gasteiger partial charge on any atom is 0.0205 e. The van der Waals surface area contributed by atoms with Crippen molar-refractivity contribution in [2.75, 3.05) is 0 Å². The molecular formula is C12H19NS. The van der Waals surface area contributed by atoms with Crippen molar-refractivity contribution in [2.24, 2.45) is 11.7 Å². The molecule has 2 atom stereocenters. The van der Waals surface area contributed by atoms with Crippen LogP contribution in [0.2, 0.25) is 0 Å². The molecular weight excluding hydrogens is 190 g/mol. The van der Waals surface area contributed by atoms with Gasteiger partial charge in [-0.2, -0.15) is 0 Å². The van der Waals surface area contributed by atoms with Gasteiger partial charge in [0.2, 0.25) is 0 Å².